The van der Waals surface area contributed by atoms with Crippen molar-refractivity contribution >= 4 is 22.6 Å². The molecule has 0 aliphatic carbocycles. The fourth-order valence-corrected chi connectivity index (χ4v) is 3.50. The lowest BCUT2D eigenvalue weighted by molar-refractivity contribution is -0.0501. The average Bonchev–Trinajstić information content (AvgIpc) is 2.83. The van der Waals surface area contributed by atoms with Crippen LogP contribution in [0.15, 0.2) is 61.1 Å². The second-order valence-corrected chi connectivity index (χ2v) is 7.68. The Morgan fingerprint density at radius 1 is 1.12 bits per heavy atom. The smallest absolute Gasteiger partial charge is 0.387 e. The number of rotatable bonds is 7. The number of pyridine rings is 2. The number of halogens is 2. The number of anilines is 1. The Hall–Kier alpha value is -4.21. The summed E-state index contributed by atoms with van der Waals surface area (Å²) < 4.78 is 29.3. The monoisotopic (exact) mass is 464 g/mol. The Balaban J connectivity index is 1.68. The van der Waals surface area contributed by atoms with Gasteiger partial charge in [-0.15, -0.1) is 0 Å². The highest BCUT2D eigenvalue weighted by Gasteiger charge is 2.25. The van der Waals surface area contributed by atoms with Crippen molar-refractivity contribution in [2.45, 2.75) is 33.0 Å². The first-order valence-electron chi connectivity index (χ1n) is 10.5. The van der Waals surface area contributed by atoms with Crippen molar-refractivity contribution in [1.29, 1.82) is 0 Å². The molecule has 174 valence electrons. The number of aromatic nitrogens is 4. The van der Waals surface area contributed by atoms with Crippen LogP contribution in [0.1, 0.15) is 40.4 Å². The molecule has 0 saturated heterocycles. The standard InChI is InChI=1S/C24H22F2N6O2/c1-14-10-17-11-16(4-7-20(17)31-21(14)27)23(33)32(15(2)22-28-8-3-9-29-22)13-18-5-6-19(12-30-18)34-24(25)26/h3-12,15,24H,13H2,1-2H3,(H2,27,31). The minimum absolute atomic E-state index is 0.0623. The lowest BCUT2D eigenvalue weighted by Gasteiger charge is -2.28. The van der Waals surface area contributed by atoms with E-state index < -0.39 is 12.7 Å². The van der Waals surface area contributed by atoms with Gasteiger partial charge in [0.05, 0.1) is 30.0 Å². The van der Waals surface area contributed by atoms with Crippen molar-refractivity contribution < 1.29 is 18.3 Å². The predicted octanol–water partition coefficient (Wildman–Crippen LogP) is 4.32. The molecule has 34 heavy (non-hydrogen) atoms. The van der Waals surface area contributed by atoms with Gasteiger partial charge in [-0.1, -0.05) is 0 Å². The van der Waals surface area contributed by atoms with Crippen LogP contribution in [-0.2, 0) is 6.54 Å². The highest BCUT2D eigenvalue weighted by molar-refractivity contribution is 5.98. The van der Waals surface area contributed by atoms with E-state index in [-0.39, 0.29) is 18.2 Å². The van der Waals surface area contributed by atoms with Crippen molar-refractivity contribution in [2.75, 3.05) is 5.73 Å². The van der Waals surface area contributed by atoms with Crippen molar-refractivity contribution in [3.8, 4) is 5.75 Å². The maximum absolute atomic E-state index is 13.6. The van der Waals surface area contributed by atoms with E-state index in [1.165, 1.54) is 18.3 Å². The van der Waals surface area contributed by atoms with Gasteiger partial charge in [-0.05, 0) is 61.9 Å². The summed E-state index contributed by atoms with van der Waals surface area (Å²) in [5, 5.41) is 0.785. The van der Waals surface area contributed by atoms with Gasteiger partial charge in [0.2, 0.25) is 0 Å². The van der Waals surface area contributed by atoms with E-state index in [2.05, 4.69) is 24.7 Å². The third kappa shape index (κ3) is 5.06. The molecule has 2 N–H and O–H groups in total. The predicted molar refractivity (Wildman–Crippen MR) is 122 cm³/mol. The zero-order valence-electron chi connectivity index (χ0n) is 18.5. The second kappa shape index (κ2) is 9.74. The van der Waals surface area contributed by atoms with Gasteiger partial charge in [0.25, 0.3) is 5.91 Å². The van der Waals surface area contributed by atoms with Crippen LogP contribution in [0.4, 0.5) is 14.6 Å². The molecule has 10 heteroatoms. The molecular formula is C24H22F2N6O2. The highest BCUT2D eigenvalue weighted by atomic mass is 19.3. The summed E-state index contributed by atoms with van der Waals surface area (Å²) in [6.07, 6.45) is 4.40. The summed E-state index contributed by atoms with van der Waals surface area (Å²) in [5.41, 5.74) is 8.33. The Kier molecular flexibility index (Phi) is 6.58. The van der Waals surface area contributed by atoms with Crippen molar-refractivity contribution in [3.05, 3.63) is 83.7 Å². The van der Waals surface area contributed by atoms with Gasteiger partial charge in [0.1, 0.15) is 17.4 Å². The molecule has 0 spiro atoms. The van der Waals surface area contributed by atoms with Crippen LogP contribution in [0.25, 0.3) is 10.9 Å². The molecule has 1 aromatic carbocycles. The summed E-state index contributed by atoms with van der Waals surface area (Å²) >= 11 is 0. The molecule has 0 radical (unpaired) electrons. The van der Waals surface area contributed by atoms with Crippen LogP contribution in [0, 0.1) is 6.92 Å². The van der Waals surface area contributed by atoms with Crippen LogP contribution >= 0.6 is 0 Å². The Labute approximate surface area is 194 Å². The summed E-state index contributed by atoms with van der Waals surface area (Å²) in [4.78, 5) is 32.3. The molecular weight excluding hydrogens is 442 g/mol. The van der Waals surface area contributed by atoms with Crippen LogP contribution in [0.3, 0.4) is 0 Å². The first-order valence-corrected chi connectivity index (χ1v) is 10.5. The molecule has 8 nitrogen and oxygen atoms in total. The molecule has 0 bridgehead atoms. The van der Waals surface area contributed by atoms with E-state index in [1.54, 1.807) is 41.6 Å². The Morgan fingerprint density at radius 3 is 2.56 bits per heavy atom. The summed E-state index contributed by atoms with van der Waals surface area (Å²) in [5.74, 6) is 0.562. The van der Waals surface area contributed by atoms with E-state index in [1.807, 2.05) is 19.9 Å². The molecule has 0 aliphatic heterocycles. The normalized spacial score (nSPS) is 12.0. The third-order valence-corrected chi connectivity index (χ3v) is 5.33. The van der Waals surface area contributed by atoms with E-state index in [4.69, 9.17) is 5.73 Å². The largest absolute Gasteiger partial charge is 0.433 e. The number of nitrogens with zero attached hydrogens (tertiary/aromatic N) is 5. The molecule has 0 saturated carbocycles. The lowest BCUT2D eigenvalue weighted by Crippen LogP contribution is -2.34. The number of nitrogens with two attached hydrogens (primary N) is 1. The molecule has 3 aromatic heterocycles. The number of carbonyl (C=O) groups is 1. The minimum atomic E-state index is -2.94. The van der Waals surface area contributed by atoms with E-state index in [0.717, 1.165) is 10.9 Å². The quantitative estimate of drug-likeness (QED) is 0.434. The van der Waals surface area contributed by atoms with Gasteiger partial charge >= 0.3 is 6.61 Å². The number of amides is 1. The molecule has 1 atom stereocenters. The lowest BCUT2D eigenvalue weighted by atomic mass is 10.1. The zero-order chi connectivity index (χ0) is 24.2. The summed E-state index contributed by atoms with van der Waals surface area (Å²) in [7, 11) is 0. The number of carbonyl (C=O) groups excluding carboxylic acids is 1. The van der Waals surface area contributed by atoms with Gasteiger partial charge in [0.15, 0.2) is 0 Å². The third-order valence-electron chi connectivity index (χ3n) is 5.33. The molecule has 0 aliphatic rings. The van der Waals surface area contributed by atoms with E-state index in [9.17, 15) is 13.6 Å². The van der Waals surface area contributed by atoms with Gasteiger partial charge in [-0.3, -0.25) is 9.78 Å². The molecule has 0 fully saturated rings. The fourth-order valence-electron chi connectivity index (χ4n) is 3.50. The number of hydrogen-bond donors (Lipinski definition) is 1. The van der Waals surface area contributed by atoms with E-state index >= 15 is 0 Å². The van der Waals surface area contributed by atoms with Gasteiger partial charge < -0.3 is 15.4 Å². The van der Waals surface area contributed by atoms with Crippen LogP contribution in [0.5, 0.6) is 5.75 Å². The summed E-state index contributed by atoms with van der Waals surface area (Å²) in [6, 6.07) is 11.2. The maximum Gasteiger partial charge on any atom is 0.387 e. The van der Waals surface area contributed by atoms with Crippen LogP contribution in [0.2, 0.25) is 0 Å². The Bertz CT molecular complexity index is 1300. The Morgan fingerprint density at radius 2 is 1.88 bits per heavy atom. The molecule has 1 unspecified atom stereocenters. The number of aryl methyl sites for hydroxylation is 1. The second-order valence-electron chi connectivity index (χ2n) is 7.68. The molecule has 4 rings (SSSR count). The first-order chi connectivity index (χ1) is 16.3. The number of benzene rings is 1. The van der Waals surface area contributed by atoms with Gasteiger partial charge in [0, 0.05) is 23.3 Å². The van der Waals surface area contributed by atoms with Crippen molar-refractivity contribution in [1.82, 2.24) is 24.8 Å². The minimum Gasteiger partial charge on any atom is -0.433 e. The van der Waals surface area contributed by atoms with E-state index in [0.29, 0.717) is 28.4 Å². The maximum atomic E-state index is 13.6. The van der Waals surface area contributed by atoms with Crippen molar-refractivity contribution in [2.24, 2.45) is 0 Å². The van der Waals surface area contributed by atoms with Crippen LogP contribution < -0.4 is 10.5 Å². The van der Waals surface area contributed by atoms with Crippen molar-refractivity contribution in [3.63, 3.8) is 0 Å². The number of alkyl halides is 2. The van der Waals surface area contributed by atoms with Gasteiger partial charge in [-0.25, -0.2) is 15.0 Å². The highest BCUT2D eigenvalue weighted by Crippen LogP contribution is 2.25. The SMILES string of the molecule is Cc1cc2cc(C(=O)N(Cc3ccc(OC(F)F)cn3)C(C)c3ncccn3)ccc2nc1N. The number of ether oxygens (including phenoxy) is 1. The molecule has 3 heterocycles. The zero-order valence-corrected chi connectivity index (χ0v) is 18.5. The topological polar surface area (TPSA) is 107 Å². The summed E-state index contributed by atoms with van der Waals surface area (Å²) in [6.45, 7) is 0.825. The molecule has 1 amide bonds. The fraction of sp³-hybridized carbons (Fsp3) is 0.208. The average molecular weight is 464 g/mol. The number of fused-ring (bicyclic) bond motifs is 1. The van der Waals surface area contributed by atoms with Gasteiger partial charge in [-0.2, -0.15) is 8.78 Å². The number of hydrogen-bond acceptors (Lipinski definition) is 7. The van der Waals surface area contributed by atoms with Crippen LogP contribution in [-0.4, -0.2) is 37.4 Å². The molecule has 4 aromatic rings. The first kappa shape index (κ1) is 23.0. The number of nitrogen functional groups attached to an aromatic ring is 1.